The third-order valence-electron chi connectivity index (χ3n) is 2.67. The Morgan fingerprint density at radius 2 is 2.20 bits per heavy atom. The van der Waals surface area contributed by atoms with Crippen LogP contribution in [-0.4, -0.2) is 36.0 Å². The van der Waals surface area contributed by atoms with Gasteiger partial charge in [0, 0.05) is 12.0 Å². The van der Waals surface area contributed by atoms with Gasteiger partial charge in [-0.2, -0.15) is 0 Å². The van der Waals surface area contributed by atoms with Gasteiger partial charge in [-0.25, -0.2) is 4.79 Å². The number of aliphatic hydroxyl groups is 1. The number of primary amides is 1. The van der Waals surface area contributed by atoms with Gasteiger partial charge in [0.1, 0.15) is 11.7 Å². The summed E-state index contributed by atoms with van der Waals surface area (Å²) in [7, 11) is 0. The predicted octanol–water partition coefficient (Wildman–Crippen LogP) is 0.221. The summed E-state index contributed by atoms with van der Waals surface area (Å²) in [4.78, 5) is 10.8. The fourth-order valence-corrected chi connectivity index (χ4v) is 2.13. The molecule has 1 aliphatic rings. The zero-order valence-electron chi connectivity index (χ0n) is 9.54. The van der Waals surface area contributed by atoms with Crippen LogP contribution < -0.4 is 11.1 Å². The monoisotopic (exact) mass is 216 g/mol. The number of β-amino-alcohol motifs (C(OH)–C–C–N with tert-alkyl or cyclic N) is 1. The summed E-state index contributed by atoms with van der Waals surface area (Å²) in [6, 6.07) is 0. The van der Waals surface area contributed by atoms with E-state index in [1.165, 1.54) is 0 Å². The highest BCUT2D eigenvalue weighted by Crippen LogP contribution is 2.34. The topological polar surface area (TPSA) is 84.6 Å². The first-order valence-electron chi connectivity index (χ1n) is 5.15. The van der Waals surface area contributed by atoms with E-state index in [2.05, 4.69) is 5.32 Å². The molecule has 1 saturated heterocycles. The second-order valence-corrected chi connectivity index (χ2v) is 5.21. The highest BCUT2D eigenvalue weighted by atomic mass is 16.6. The van der Waals surface area contributed by atoms with Gasteiger partial charge in [0.05, 0.1) is 0 Å². The lowest BCUT2D eigenvalue weighted by Crippen LogP contribution is -2.53. The standard InChI is InChI=1S/C10H20N2O3/c1-9(2,3)7(15-8(11)13)10(14)4-5-12-6-10/h7,12,14H,4-6H2,1-3H3,(H2,11,13). The summed E-state index contributed by atoms with van der Waals surface area (Å²) < 4.78 is 5.05. The number of hydrogen-bond acceptors (Lipinski definition) is 4. The number of amides is 1. The van der Waals surface area contributed by atoms with Gasteiger partial charge in [-0.15, -0.1) is 0 Å². The maximum absolute atomic E-state index is 10.8. The SMILES string of the molecule is CC(C)(C)C(OC(N)=O)C1(O)CCNC1. The Kier molecular flexibility index (Phi) is 3.25. The number of nitrogens with two attached hydrogens (primary N) is 1. The van der Waals surface area contributed by atoms with Crippen LogP contribution in [0.5, 0.6) is 0 Å². The number of hydrogen-bond donors (Lipinski definition) is 3. The van der Waals surface area contributed by atoms with Gasteiger partial charge in [0.15, 0.2) is 0 Å². The lowest BCUT2D eigenvalue weighted by Gasteiger charge is -2.39. The minimum Gasteiger partial charge on any atom is -0.443 e. The molecule has 0 aromatic rings. The number of nitrogens with one attached hydrogen (secondary N) is 1. The Morgan fingerprint density at radius 1 is 1.60 bits per heavy atom. The highest BCUT2D eigenvalue weighted by molar-refractivity contribution is 5.65. The Hall–Kier alpha value is -0.810. The van der Waals surface area contributed by atoms with Gasteiger partial charge in [0.25, 0.3) is 0 Å². The molecule has 1 aliphatic heterocycles. The molecule has 0 bridgehead atoms. The van der Waals surface area contributed by atoms with Crippen LogP contribution in [0.3, 0.4) is 0 Å². The molecule has 5 heteroatoms. The predicted molar refractivity (Wildman–Crippen MR) is 56.3 cm³/mol. The van der Waals surface area contributed by atoms with Crippen molar-refractivity contribution in [1.29, 1.82) is 0 Å². The molecular weight excluding hydrogens is 196 g/mol. The fourth-order valence-electron chi connectivity index (χ4n) is 2.13. The molecule has 0 radical (unpaired) electrons. The molecule has 2 atom stereocenters. The molecule has 15 heavy (non-hydrogen) atoms. The van der Waals surface area contributed by atoms with E-state index in [9.17, 15) is 9.90 Å². The Balaban J connectivity index is 2.84. The molecule has 88 valence electrons. The van der Waals surface area contributed by atoms with Gasteiger partial charge < -0.3 is 20.9 Å². The molecule has 0 aromatic carbocycles. The molecule has 1 fully saturated rings. The molecule has 0 aromatic heterocycles. The van der Waals surface area contributed by atoms with Crippen molar-refractivity contribution in [3.8, 4) is 0 Å². The van der Waals surface area contributed by atoms with Crippen molar-refractivity contribution in [1.82, 2.24) is 5.32 Å². The average Bonchev–Trinajstić information content (AvgIpc) is 2.46. The Labute approximate surface area is 90.0 Å². The minimum absolute atomic E-state index is 0.337. The summed E-state index contributed by atoms with van der Waals surface area (Å²) in [5, 5.41) is 13.4. The normalized spacial score (nSPS) is 28.8. The van der Waals surface area contributed by atoms with Crippen molar-refractivity contribution in [3.05, 3.63) is 0 Å². The second-order valence-electron chi connectivity index (χ2n) is 5.21. The first-order chi connectivity index (χ1) is 6.76. The van der Waals surface area contributed by atoms with Gasteiger partial charge in [-0.1, -0.05) is 20.8 Å². The summed E-state index contributed by atoms with van der Waals surface area (Å²) in [5.74, 6) is 0. The van der Waals surface area contributed by atoms with Crippen molar-refractivity contribution in [3.63, 3.8) is 0 Å². The van der Waals surface area contributed by atoms with Crippen molar-refractivity contribution in [2.24, 2.45) is 11.1 Å². The van der Waals surface area contributed by atoms with E-state index in [1.54, 1.807) is 0 Å². The van der Waals surface area contributed by atoms with Crippen LogP contribution in [0, 0.1) is 5.41 Å². The molecular formula is C10H20N2O3. The van der Waals surface area contributed by atoms with Crippen LogP contribution in [0.25, 0.3) is 0 Å². The van der Waals surface area contributed by atoms with Gasteiger partial charge >= 0.3 is 6.09 Å². The fraction of sp³-hybridized carbons (Fsp3) is 0.900. The lowest BCUT2D eigenvalue weighted by atomic mass is 9.78. The summed E-state index contributed by atoms with van der Waals surface area (Å²) in [6.07, 6.45) is -0.852. The third-order valence-corrected chi connectivity index (χ3v) is 2.67. The van der Waals surface area contributed by atoms with Crippen LogP contribution in [0.1, 0.15) is 27.2 Å². The molecule has 0 aliphatic carbocycles. The average molecular weight is 216 g/mol. The molecule has 1 heterocycles. The Morgan fingerprint density at radius 3 is 2.53 bits per heavy atom. The Bertz CT molecular complexity index is 242. The van der Waals surface area contributed by atoms with Crippen molar-refractivity contribution < 1.29 is 14.6 Å². The highest BCUT2D eigenvalue weighted by Gasteiger charge is 2.47. The number of ether oxygens (including phenoxy) is 1. The number of carbonyl (C=O) groups excluding carboxylic acids is 1. The number of rotatable bonds is 2. The number of carbonyl (C=O) groups is 1. The molecule has 0 saturated carbocycles. The molecule has 4 N–H and O–H groups in total. The first-order valence-corrected chi connectivity index (χ1v) is 5.15. The zero-order chi connectivity index (χ0) is 11.7. The maximum Gasteiger partial charge on any atom is 0.404 e. The summed E-state index contributed by atoms with van der Waals surface area (Å²) in [6.45, 7) is 6.90. The smallest absolute Gasteiger partial charge is 0.404 e. The van der Waals surface area contributed by atoms with E-state index < -0.39 is 17.8 Å². The van der Waals surface area contributed by atoms with Crippen LogP contribution >= 0.6 is 0 Å². The van der Waals surface area contributed by atoms with E-state index in [-0.39, 0.29) is 5.41 Å². The second kappa shape index (κ2) is 3.98. The van der Waals surface area contributed by atoms with Crippen LogP contribution in [0.4, 0.5) is 4.79 Å². The minimum atomic E-state index is -1.01. The van der Waals surface area contributed by atoms with Crippen LogP contribution in [0.15, 0.2) is 0 Å². The van der Waals surface area contributed by atoms with Crippen molar-refractivity contribution in [2.45, 2.75) is 38.9 Å². The largest absolute Gasteiger partial charge is 0.443 e. The summed E-state index contributed by atoms with van der Waals surface area (Å²) >= 11 is 0. The van der Waals surface area contributed by atoms with Gasteiger partial charge in [0.2, 0.25) is 0 Å². The van der Waals surface area contributed by atoms with E-state index in [0.29, 0.717) is 13.0 Å². The van der Waals surface area contributed by atoms with Crippen molar-refractivity contribution in [2.75, 3.05) is 13.1 Å². The molecule has 5 nitrogen and oxygen atoms in total. The van der Waals surface area contributed by atoms with Crippen molar-refractivity contribution >= 4 is 6.09 Å². The summed E-state index contributed by atoms with van der Waals surface area (Å²) in [5.41, 5.74) is 3.68. The molecule has 2 unspecified atom stereocenters. The van der Waals surface area contributed by atoms with E-state index in [1.807, 2.05) is 20.8 Å². The van der Waals surface area contributed by atoms with Crippen LogP contribution in [0.2, 0.25) is 0 Å². The quantitative estimate of drug-likeness (QED) is 0.616. The first kappa shape index (κ1) is 12.3. The maximum atomic E-state index is 10.8. The lowest BCUT2D eigenvalue weighted by molar-refractivity contribution is -0.110. The van der Waals surface area contributed by atoms with Crippen LogP contribution in [-0.2, 0) is 4.74 Å². The van der Waals surface area contributed by atoms with E-state index in [4.69, 9.17) is 10.5 Å². The van der Waals surface area contributed by atoms with Gasteiger partial charge in [-0.05, 0) is 13.0 Å². The molecule has 0 spiro atoms. The molecule has 1 amide bonds. The third kappa shape index (κ3) is 2.82. The van der Waals surface area contributed by atoms with E-state index in [0.717, 1.165) is 6.54 Å². The molecule has 1 rings (SSSR count). The van der Waals surface area contributed by atoms with E-state index >= 15 is 0 Å². The zero-order valence-corrected chi connectivity index (χ0v) is 9.54. The van der Waals surface area contributed by atoms with Gasteiger partial charge in [-0.3, -0.25) is 0 Å².